The molecule has 0 saturated carbocycles. The molecule has 7 heavy (non-hydrogen) atoms. The molecule has 0 fully saturated rings. The van der Waals surface area contributed by atoms with E-state index in [1.54, 1.807) is 6.92 Å². The van der Waals surface area contributed by atoms with Gasteiger partial charge in [0.25, 0.3) is 0 Å². The van der Waals surface area contributed by atoms with Crippen LogP contribution in [0.25, 0.3) is 0 Å². The maximum Gasteiger partial charge on any atom is 0.139 e. The van der Waals surface area contributed by atoms with Gasteiger partial charge in [-0.05, 0) is 0 Å². The Bertz CT molecular complexity index is 76.1. The summed E-state index contributed by atoms with van der Waals surface area (Å²) in [6.45, 7) is 1.74. The zero-order valence-electron chi connectivity index (χ0n) is 4.31. The third kappa shape index (κ3) is 3.16. The first-order chi connectivity index (χ1) is 3.31. The zero-order valence-corrected chi connectivity index (χ0v) is 4.31. The molecule has 0 spiro atoms. The van der Waals surface area contributed by atoms with Gasteiger partial charge in [0.15, 0.2) is 0 Å². The van der Waals surface area contributed by atoms with Crippen molar-refractivity contribution in [1.29, 1.82) is 0 Å². The monoisotopic (exact) mass is 100 g/mol. The van der Waals surface area contributed by atoms with Crippen molar-refractivity contribution in [3.63, 3.8) is 0 Å². The van der Waals surface area contributed by atoms with Gasteiger partial charge < -0.3 is 4.79 Å². The second-order valence-corrected chi connectivity index (χ2v) is 1.26. The normalized spacial score (nSPS) is 8.14. The minimum Gasteiger partial charge on any atom is -0.303 e. The molecular weight excluding hydrogens is 92.1 g/mol. The highest BCUT2D eigenvalue weighted by Crippen LogP contribution is 1.81. The summed E-state index contributed by atoms with van der Waals surface area (Å²) in [5.41, 5.74) is 0. The summed E-state index contributed by atoms with van der Waals surface area (Å²) in [7, 11) is 0. The van der Waals surface area contributed by atoms with Crippen LogP contribution in [0.1, 0.15) is 19.8 Å². The van der Waals surface area contributed by atoms with Gasteiger partial charge in [-0.15, -0.1) is 0 Å². The highest BCUT2D eigenvalue weighted by molar-refractivity contribution is 5.89. The molecule has 0 bridgehead atoms. The average Bonchev–Trinajstić information content (AvgIpc) is 1.68. The predicted octanol–water partition coefficient (Wildman–Crippen LogP) is 0.554. The second-order valence-electron chi connectivity index (χ2n) is 1.26. The summed E-state index contributed by atoms with van der Waals surface area (Å²) < 4.78 is 0. The van der Waals surface area contributed by atoms with Gasteiger partial charge in [-0.2, -0.15) is 0 Å². The van der Waals surface area contributed by atoms with E-state index < -0.39 is 0 Å². The average molecular weight is 100 g/mol. The largest absolute Gasteiger partial charge is 0.303 e. The maximum absolute atomic E-state index is 10.2. The van der Waals surface area contributed by atoms with E-state index in [0.717, 1.165) is 0 Å². The lowest BCUT2D eigenvalue weighted by molar-refractivity contribution is -0.122. The fourth-order valence-electron chi connectivity index (χ4n) is 0.237. The predicted molar refractivity (Wildman–Crippen MR) is 26.0 cm³/mol. The molecule has 0 saturated heterocycles. The van der Waals surface area contributed by atoms with E-state index in [1.165, 1.54) is 0 Å². The summed E-state index contributed by atoms with van der Waals surface area (Å²) in [4.78, 5) is 19.7. The van der Waals surface area contributed by atoms with Crippen molar-refractivity contribution in [1.82, 2.24) is 0 Å². The SMILES string of the molecule is CCC(=O)CC=O. The van der Waals surface area contributed by atoms with Gasteiger partial charge in [-0.25, -0.2) is 0 Å². The fraction of sp³-hybridized carbons (Fsp3) is 0.600. The van der Waals surface area contributed by atoms with Crippen LogP contribution < -0.4 is 0 Å². The standard InChI is InChI=1S/C5H8O2/c1-2-5(7)3-4-6/h4H,2-3H2,1H3. The molecule has 0 radical (unpaired) electrons. The summed E-state index contributed by atoms with van der Waals surface area (Å²) in [5, 5.41) is 0. The summed E-state index contributed by atoms with van der Waals surface area (Å²) in [6.07, 6.45) is 1.18. The van der Waals surface area contributed by atoms with Gasteiger partial charge >= 0.3 is 0 Å². The number of hydrogen-bond acceptors (Lipinski definition) is 2. The number of hydrogen-bond donors (Lipinski definition) is 0. The summed E-state index contributed by atoms with van der Waals surface area (Å²) >= 11 is 0. The highest BCUT2D eigenvalue weighted by atomic mass is 16.1. The van der Waals surface area contributed by atoms with Crippen LogP contribution in [0.4, 0.5) is 0 Å². The van der Waals surface area contributed by atoms with Crippen molar-refractivity contribution >= 4 is 12.1 Å². The Morgan fingerprint density at radius 1 is 1.71 bits per heavy atom. The molecule has 40 valence electrons. The van der Waals surface area contributed by atoms with Gasteiger partial charge in [0.2, 0.25) is 0 Å². The van der Waals surface area contributed by atoms with Crippen LogP contribution in [-0.2, 0) is 9.59 Å². The van der Waals surface area contributed by atoms with Crippen molar-refractivity contribution in [3.8, 4) is 0 Å². The van der Waals surface area contributed by atoms with Crippen LogP contribution in [0.3, 0.4) is 0 Å². The lowest BCUT2D eigenvalue weighted by Gasteiger charge is -1.80. The smallest absolute Gasteiger partial charge is 0.139 e. The van der Waals surface area contributed by atoms with E-state index >= 15 is 0 Å². The van der Waals surface area contributed by atoms with Crippen molar-refractivity contribution in [3.05, 3.63) is 0 Å². The maximum atomic E-state index is 10.2. The molecule has 2 heteroatoms. The Labute approximate surface area is 42.5 Å². The molecular formula is C5H8O2. The molecule has 0 unspecified atom stereocenters. The molecule has 0 rings (SSSR count). The Morgan fingerprint density at radius 2 is 2.29 bits per heavy atom. The molecule has 0 aliphatic rings. The first kappa shape index (κ1) is 6.34. The lowest BCUT2D eigenvalue weighted by Crippen LogP contribution is -1.93. The topological polar surface area (TPSA) is 34.1 Å². The Hall–Kier alpha value is -0.660. The van der Waals surface area contributed by atoms with E-state index in [9.17, 15) is 9.59 Å². The Balaban J connectivity index is 3.17. The van der Waals surface area contributed by atoms with Crippen LogP contribution in [0, 0.1) is 0 Å². The van der Waals surface area contributed by atoms with Crippen LogP contribution >= 0.6 is 0 Å². The molecule has 2 nitrogen and oxygen atoms in total. The first-order valence-electron chi connectivity index (χ1n) is 2.26. The van der Waals surface area contributed by atoms with E-state index in [-0.39, 0.29) is 12.2 Å². The van der Waals surface area contributed by atoms with Crippen LogP contribution in [0.2, 0.25) is 0 Å². The number of carbonyl (C=O) groups excluding carboxylic acids is 2. The van der Waals surface area contributed by atoms with Crippen LogP contribution in [0.5, 0.6) is 0 Å². The highest BCUT2D eigenvalue weighted by Gasteiger charge is 1.91. The molecule has 0 aromatic heterocycles. The van der Waals surface area contributed by atoms with Gasteiger partial charge in [-0.3, -0.25) is 4.79 Å². The number of aldehydes is 1. The number of ketones is 1. The van der Waals surface area contributed by atoms with Gasteiger partial charge in [-0.1, -0.05) is 6.92 Å². The Kier molecular flexibility index (Phi) is 3.19. The van der Waals surface area contributed by atoms with Crippen molar-refractivity contribution < 1.29 is 9.59 Å². The van der Waals surface area contributed by atoms with E-state index in [0.29, 0.717) is 12.7 Å². The second kappa shape index (κ2) is 3.53. The fourth-order valence-corrected chi connectivity index (χ4v) is 0.237. The summed E-state index contributed by atoms with van der Waals surface area (Å²) in [6, 6.07) is 0. The van der Waals surface area contributed by atoms with Crippen LogP contribution in [-0.4, -0.2) is 12.1 Å². The molecule has 0 heterocycles. The van der Waals surface area contributed by atoms with Gasteiger partial charge in [0.05, 0.1) is 6.42 Å². The number of rotatable bonds is 3. The quantitative estimate of drug-likeness (QED) is 0.383. The van der Waals surface area contributed by atoms with Gasteiger partial charge in [0, 0.05) is 6.42 Å². The third-order valence-corrected chi connectivity index (χ3v) is 0.705. The molecule has 0 aromatic carbocycles. The zero-order chi connectivity index (χ0) is 5.70. The number of Topliss-reactive ketones (excluding diaryl/α,β-unsaturated/α-hetero) is 1. The third-order valence-electron chi connectivity index (χ3n) is 0.705. The lowest BCUT2D eigenvalue weighted by atomic mass is 10.2. The minimum absolute atomic E-state index is 0.00926. The van der Waals surface area contributed by atoms with Gasteiger partial charge in [0.1, 0.15) is 12.1 Å². The minimum atomic E-state index is 0.00926. The Morgan fingerprint density at radius 3 is 2.43 bits per heavy atom. The first-order valence-corrected chi connectivity index (χ1v) is 2.26. The van der Waals surface area contributed by atoms with E-state index in [2.05, 4.69) is 0 Å². The summed E-state index contributed by atoms with van der Waals surface area (Å²) in [5.74, 6) is 0.00926. The molecule has 0 amide bonds. The van der Waals surface area contributed by atoms with E-state index in [4.69, 9.17) is 0 Å². The molecule has 0 aromatic rings. The number of carbonyl (C=O) groups is 2. The molecule has 0 aliphatic heterocycles. The molecule has 0 atom stereocenters. The van der Waals surface area contributed by atoms with E-state index in [1.807, 2.05) is 0 Å². The van der Waals surface area contributed by atoms with Crippen LogP contribution in [0.15, 0.2) is 0 Å². The van der Waals surface area contributed by atoms with Crippen molar-refractivity contribution in [2.24, 2.45) is 0 Å². The van der Waals surface area contributed by atoms with Crippen molar-refractivity contribution in [2.75, 3.05) is 0 Å². The van der Waals surface area contributed by atoms with Crippen molar-refractivity contribution in [2.45, 2.75) is 19.8 Å². The molecule has 0 aliphatic carbocycles. The molecule has 0 N–H and O–H groups in total.